The number of halogens is 1. The molecule has 1 aromatic carbocycles. The summed E-state index contributed by atoms with van der Waals surface area (Å²) in [5.74, 6) is 0.531. The number of nitrogen functional groups attached to an aromatic ring is 1. The number of rotatable bonds is 4. The average Bonchev–Trinajstić information content (AvgIpc) is 2.80. The van der Waals surface area contributed by atoms with E-state index in [4.69, 9.17) is 22.1 Å². The van der Waals surface area contributed by atoms with Gasteiger partial charge >= 0.3 is 0 Å². The van der Waals surface area contributed by atoms with E-state index in [0.717, 1.165) is 0 Å². The number of nitrogens with zero attached hydrogens (tertiary/aromatic N) is 2. The molecule has 0 amide bonds. The molecule has 0 saturated carbocycles. The molecule has 19 heavy (non-hydrogen) atoms. The normalized spacial score (nSPS) is 12.4. The molecule has 5 nitrogen and oxygen atoms in total. The third-order valence-corrected chi connectivity index (χ3v) is 3.20. The van der Waals surface area contributed by atoms with Gasteiger partial charge in [0, 0.05) is 22.8 Å². The molecule has 1 aromatic heterocycles. The van der Waals surface area contributed by atoms with Gasteiger partial charge in [-0.15, -0.1) is 0 Å². The fourth-order valence-electron chi connectivity index (χ4n) is 2.00. The first-order valence-corrected chi connectivity index (χ1v) is 6.29. The number of aliphatic hydroxyl groups excluding tert-OH is 1. The highest BCUT2D eigenvalue weighted by atomic mass is 35.5. The quantitative estimate of drug-likeness (QED) is 0.843. The zero-order valence-electron chi connectivity index (χ0n) is 10.8. The maximum atomic E-state index is 10.5. The molecule has 2 aromatic rings. The van der Waals surface area contributed by atoms with Crippen molar-refractivity contribution in [2.75, 3.05) is 12.8 Å². The number of hydrogen-bond donors (Lipinski definition) is 2. The van der Waals surface area contributed by atoms with Crippen LogP contribution in [-0.4, -0.2) is 22.0 Å². The maximum absolute atomic E-state index is 10.5. The lowest BCUT2D eigenvalue weighted by molar-refractivity contribution is 0.203. The average molecular weight is 282 g/mol. The molecule has 2 rings (SSSR count). The van der Waals surface area contributed by atoms with Crippen molar-refractivity contribution in [3.63, 3.8) is 0 Å². The summed E-state index contributed by atoms with van der Waals surface area (Å²) in [7, 11) is 1.54. The number of hydrogen-bond acceptors (Lipinski definition) is 4. The summed E-state index contributed by atoms with van der Waals surface area (Å²) in [5, 5.41) is 15.2. The van der Waals surface area contributed by atoms with E-state index in [1.165, 1.54) is 0 Å². The van der Waals surface area contributed by atoms with Crippen LogP contribution in [0.5, 0.6) is 5.75 Å². The van der Waals surface area contributed by atoms with Crippen LogP contribution in [0, 0.1) is 0 Å². The molecule has 1 heterocycles. The van der Waals surface area contributed by atoms with Crippen LogP contribution >= 0.6 is 11.6 Å². The van der Waals surface area contributed by atoms with Crippen LogP contribution in [0.3, 0.4) is 0 Å². The number of aromatic nitrogens is 2. The molecule has 102 valence electrons. The van der Waals surface area contributed by atoms with Crippen LogP contribution in [0.2, 0.25) is 5.02 Å². The van der Waals surface area contributed by atoms with E-state index in [0.29, 0.717) is 34.3 Å². The van der Waals surface area contributed by atoms with Gasteiger partial charge in [-0.2, -0.15) is 5.10 Å². The summed E-state index contributed by atoms with van der Waals surface area (Å²) in [6.07, 6.45) is 0.670. The van der Waals surface area contributed by atoms with Gasteiger partial charge < -0.3 is 15.6 Å². The smallest absolute Gasteiger partial charge is 0.163 e. The molecule has 0 saturated heterocycles. The van der Waals surface area contributed by atoms with Gasteiger partial charge in [0.05, 0.1) is 13.3 Å². The van der Waals surface area contributed by atoms with E-state index in [9.17, 15) is 5.11 Å². The number of aliphatic hydroxyl groups is 1. The first-order valence-electron chi connectivity index (χ1n) is 5.91. The summed E-state index contributed by atoms with van der Waals surface area (Å²) in [4.78, 5) is 0. The minimum atomic E-state index is -0.908. The predicted molar refractivity (Wildman–Crippen MR) is 74.4 cm³/mol. The second kappa shape index (κ2) is 5.50. The first kappa shape index (κ1) is 13.7. The molecular weight excluding hydrogens is 266 g/mol. The van der Waals surface area contributed by atoms with Gasteiger partial charge in [0.25, 0.3) is 0 Å². The Morgan fingerprint density at radius 2 is 2.26 bits per heavy atom. The molecule has 1 atom stereocenters. The van der Waals surface area contributed by atoms with Gasteiger partial charge in [-0.05, 0) is 19.1 Å². The molecule has 0 fully saturated rings. The van der Waals surface area contributed by atoms with Crippen LogP contribution in [-0.2, 0) is 6.54 Å². The molecule has 0 bridgehead atoms. The lowest BCUT2D eigenvalue weighted by Gasteiger charge is -2.16. The van der Waals surface area contributed by atoms with Gasteiger partial charge in [0.2, 0.25) is 0 Å². The summed E-state index contributed by atoms with van der Waals surface area (Å²) in [5.41, 5.74) is 7.50. The monoisotopic (exact) mass is 281 g/mol. The van der Waals surface area contributed by atoms with E-state index in [2.05, 4.69) is 5.10 Å². The fraction of sp³-hybridized carbons (Fsp3) is 0.308. The number of aryl methyl sites for hydroxylation is 1. The molecule has 0 aliphatic heterocycles. The predicted octanol–water partition coefficient (Wildman–Crippen LogP) is 2.23. The minimum absolute atomic E-state index is 0.436. The molecular formula is C13H16ClN3O2. The van der Waals surface area contributed by atoms with E-state index in [1.54, 1.807) is 36.2 Å². The molecule has 0 spiro atoms. The zero-order chi connectivity index (χ0) is 14.0. The summed E-state index contributed by atoms with van der Waals surface area (Å²) in [6.45, 7) is 2.57. The number of benzene rings is 1. The summed E-state index contributed by atoms with van der Waals surface area (Å²) in [6, 6.07) is 5.00. The van der Waals surface area contributed by atoms with Crippen molar-refractivity contribution in [3.05, 3.63) is 40.7 Å². The zero-order valence-corrected chi connectivity index (χ0v) is 11.6. The third kappa shape index (κ3) is 2.52. The number of methoxy groups -OCH3 is 1. The minimum Gasteiger partial charge on any atom is -0.493 e. The van der Waals surface area contributed by atoms with Crippen LogP contribution in [0.25, 0.3) is 0 Å². The van der Waals surface area contributed by atoms with Crippen LogP contribution in [0.4, 0.5) is 5.69 Å². The van der Waals surface area contributed by atoms with Crippen molar-refractivity contribution in [2.45, 2.75) is 19.6 Å². The Balaban J connectivity index is 2.48. The SMILES string of the molecule is CCn1ncc(OC)c1C(O)c1ccc(Cl)cc1N. The Bertz CT molecular complexity index is 562. The molecule has 1 unspecified atom stereocenters. The van der Waals surface area contributed by atoms with E-state index in [-0.39, 0.29) is 0 Å². The lowest BCUT2D eigenvalue weighted by Crippen LogP contribution is -2.11. The first-order chi connectivity index (χ1) is 9.08. The van der Waals surface area contributed by atoms with Crippen LogP contribution < -0.4 is 10.5 Å². The Morgan fingerprint density at radius 1 is 1.53 bits per heavy atom. The van der Waals surface area contributed by atoms with Crippen molar-refractivity contribution in [2.24, 2.45) is 0 Å². The maximum Gasteiger partial charge on any atom is 0.163 e. The Labute approximate surface area is 116 Å². The highest BCUT2D eigenvalue weighted by molar-refractivity contribution is 6.30. The van der Waals surface area contributed by atoms with Gasteiger partial charge in [-0.25, -0.2) is 0 Å². The van der Waals surface area contributed by atoms with Crippen LogP contribution in [0.15, 0.2) is 24.4 Å². The van der Waals surface area contributed by atoms with Crippen molar-refractivity contribution in [3.8, 4) is 5.75 Å². The Hall–Kier alpha value is -1.72. The van der Waals surface area contributed by atoms with Gasteiger partial charge in [0.1, 0.15) is 11.8 Å². The largest absolute Gasteiger partial charge is 0.493 e. The van der Waals surface area contributed by atoms with E-state index >= 15 is 0 Å². The van der Waals surface area contributed by atoms with Gasteiger partial charge in [-0.1, -0.05) is 17.7 Å². The number of anilines is 1. The van der Waals surface area contributed by atoms with Crippen molar-refractivity contribution in [1.82, 2.24) is 9.78 Å². The molecule has 3 N–H and O–H groups in total. The molecule has 0 aliphatic carbocycles. The second-order valence-corrected chi connectivity index (χ2v) is 4.53. The highest BCUT2D eigenvalue weighted by Gasteiger charge is 2.22. The van der Waals surface area contributed by atoms with Gasteiger partial charge in [-0.3, -0.25) is 4.68 Å². The molecule has 0 radical (unpaired) electrons. The van der Waals surface area contributed by atoms with E-state index < -0.39 is 6.10 Å². The molecule has 6 heteroatoms. The van der Waals surface area contributed by atoms with Crippen molar-refractivity contribution < 1.29 is 9.84 Å². The second-order valence-electron chi connectivity index (χ2n) is 4.09. The standard InChI is InChI=1S/C13H16ClN3O2/c1-3-17-12(11(19-2)7-16-17)13(18)9-5-4-8(14)6-10(9)15/h4-7,13,18H,3,15H2,1-2H3. The Morgan fingerprint density at radius 3 is 2.84 bits per heavy atom. The lowest BCUT2D eigenvalue weighted by atomic mass is 10.0. The molecule has 0 aliphatic rings. The highest BCUT2D eigenvalue weighted by Crippen LogP contribution is 2.33. The Kier molecular flexibility index (Phi) is 3.97. The number of nitrogens with two attached hydrogens (primary N) is 1. The number of ether oxygens (including phenoxy) is 1. The topological polar surface area (TPSA) is 73.3 Å². The summed E-state index contributed by atoms with van der Waals surface area (Å²) >= 11 is 5.86. The van der Waals surface area contributed by atoms with E-state index in [1.807, 2.05) is 6.92 Å². The van der Waals surface area contributed by atoms with Gasteiger partial charge in [0.15, 0.2) is 5.75 Å². The summed E-state index contributed by atoms with van der Waals surface area (Å²) < 4.78 is 6.90. The fourth-order valence-corrected chi connectivity index (χ4v) is 2.19. The van der Waals surface area contributed by atoms with Crippen molar-refractivity contribution in [1.29, 1.82) is 0 Å². The third-order valence-electron chi connectivity index (χ3n) is 2.97. The van der Waals surface area contributed by atoms with Crippen LogP contribution in [0.1, 0.15) is 24.3 Å². The van der Waals surface area contributed by atoms with Crippen molar-refractivity contribution >= 4 is 17.3 Å².